The van der Waals surface area contributed by atoms with Crippen LogP contribution in [0.15, 0.2) is 18.2 Å². The number of amides is 1. The van der Waals surface area contributed by atoms with Crippen molar-refractivity contribution in [2.24, 2.45) is 0 Å². The van der Waals surface area contributed by atoms with Gasteiger partial charge in [-0.3, -0.25) is 4.79 Å². The summed E-state index contributed by atoms with van der Waals surface area (Å²) in [6.45, 7) is 5.66. The Labute approximate surface area is 121 Å². The van der Waals surface area contributed by atoms with E-state index in [0.29, 0.717) is 19.5 Å². The first kappa shape index (κ1) is 15.0. The summed E-state index contributed by atoms with van der Waals surface area (Å²) in [4.78, 5) is 14.0. The summed E-state index contributed by atoms with van der Waals surface area (Å²) in [5.41, 5.74) is 3.94. The van der Waals surface area contributed by atoms with Crippen molar-refractivity contribution < 1.29 is 9.90 Å². The number of rotatable bonds is 4. The van der Waals surface area contributed by atoms with Crippen molar-refractivity contribution in [1.29, 1.82) is 0 Å². The molecule has 110 valence electrons. The van der Waals surface area contributed by atoms with Gasteiger partial charge in [-0.15, -0.1) is 0 Å². The first-order valence-corrected chi connectivity index (χ1v) is 7.58. The van der Waals surface area contributed by atoms with E-state index in [9.17, 15) is 9.90 Å². The molecule has 0 bridgehead atoms. The standard InChI is InChI=1S/C17H25NO2/c1-13-6-7-14(2)15(12-13)4-3-5-17(20)18-10-8-16(19)9-11-18/h6-7,12,16,19H,3-5,8-11H2,1-2H3. The van der Waals surface area contributed by atoms with E-state index in [0.717, 1.165) is 25.7 Å². The number of hydrogen-bond donors (Lipinski definition) is 1. The van der Waals surface area contributed by atoms with Crippen molar-refractivity contribution in [2.75, 3.05) is 13.1 Å². The molecule has 0 spiro atoms. The molecule has 1 aliphatic rings. The van der Waals surface area contributed by atoms with Crippen LogP contribution in [0.2, 0.25) is 0 Å². The highest BCUT2D eigenvalue weighted by atomic mass is 16.3. The Morgan fingerprint density at radius 2 is 2.00 bits per heavy atom. The number of aliphatic hydroxyl groups is 1. The topological polar surface area (TPSA) is 40.5 Å². The fourth-order valence-electron chi connectivity index (χ4n) is 2.77. The molecule has 1 aromatic carbocycles. The summed E-state index contributed by atoms with van der Waals surface area (Å²) in [5, 5.41) is 9.45. The molecular formula is C17H25NO2. The highest BCUT2D eigenvalue weighted by Crippen LogP contribution is 2.15. The summed E-state index contributed by atoms with van der Waals surface area (Å²) < 4.78 is 0. The lowest BCUT2D eigenvalue weighted by Gasteiger charge is -2.29. The van der Waals surface area contributed by atoms with Gasteiger partial charge in [0, 0.05) is 19.5 Å². The quantitative estimate of drug-likeness (QED) is 0.917. The van der Waals surface area contributed by atoms with Gasteiger partial charge in [0.05, 0.1) is 6.10 Å². The zero-order chi connectivity index (χ0) is 14.5. The van der Waals surface area contributed by atoms with Gasteiger partial charge in [-0.2, -0.15) is 0 Å². The molecule has 1 heterocycles. The number of benzene rings is 1. The molecule has 1 fully saturated rings. The van der Waals surface area contributed by atoms with Crippen LogP contribution in [-0.2, 0) is 11.2 Å². The summed E-state index contributed by atoms with van der Waals surface area (Å²) in [5.74, 6) is 0.238. The lowest BCUT2D eigenvalue weighted by Crippen LogP contribution is -2.39. The molecule has 1 amide bonds. The molecular weight excluding hydrogens is 250 g/mol. The lowest BCUT2D eigenvalue weighted by atomic mass is 10.00. The highest BCUT2D eigenvalue weighted by molar-refractivity contribution is 5.76. The molecule has 0 unspecified atom stereocenters. The van der Waals surface area contributed by atoms with Crippen LogP contribution in [-0.4, -0.2) is 35.1 Å². The van der Waals surface area contributed by atoms with Crippen LogP contribution in [0.5, 0.6) is 0 Å². The molecule has 3 heteroatoms. The van der Waals surface area contributed by atoms with E-state index in [-0.39, 0.29) is 12.0 Å². The highest BCUT2D eigenvalue weighted by Gasteiger charge is 2.20. The number of piperidine rings is 1. The van der Waals surface area contributed by atoms with E-state index < -0.39 is 0 Å². The SMILES string of the molecule is Cc1ccc(C)c(CCCC(=O)N2CCC(O)CC2)c1. The van der Waals surface area contributed by atoms with Crippen molar-refractivity contribution in [3.63, 3.8) is 0 Å². The van der Waals surface area contributed by atoms with Crippen LogP contribution in [0.25, 0.3) is 0 Å². The first-order chi connectivity index (χ1) is 9.56. The molecule has 1 saturated heterocycles. The van der Waals surface area contributed by atoms with E-state index >= 15 is 0 Å². The summed E-state index contributed by atoms with van der Waals surface area (Å²) in [7, 11) is 0. The van der Waals surface area contributed by atoms with Crippen LogP contribution < -0.4 is 0 Å². The fourth-order valence-corrected chi connectivity index (χ4v) is 2.77. The molecule has 1 N–H and O–H groups in total. The molecule has 20 heavy (non-hydrogen) atoms. The smallest absolute Gasteiger partial charge is 0.222 e. The second-order valence-corrected chi connectivity index (χ2v) is 5.90. The van der Waals surface area contributed by atoms with E-state index in [4.69, 9.17) is 0 Å². The normalized spacial score (nSPS) is 16.4. The van der Waals surface area contributed by atoms with Gasteiger partial charge >= 0.3 is 0 Å². The zero-order valence-corrected chi connectivity index (χ0v) is 12.6. The Morgan fingerprint density at radius 1 is 1.30 bits per heavy atom. The molecule has 1 aromatic rings. The van der Waals surface area contributed by atoms with Gasteiger partial charge in [0.25, 0.3) is 0 Å². The summed E-state index contributed by atoms with van der Waals surface area (Å²) in [6.07, 6.45) is 3.72. The maximum atomic E-state index is 12.1. The average molecular weight is 275 g/mol. The molecule has 0 atom stereocenters. The van der Waals surface area contributed by atoms with E-state index in [2.05, 4.69) is 32.0 Å². The third kappa shape index (κ3) is 4.07. The monoisotopic (exact) mass is 275 g/mol. The van der Waals surface area contributed by atoms with Gasteiger partial charge in [0.2, 0.25) is 5.91 Å². The van der Waals surface area contributed by atoms with Crippen LogP contribution in [0.4, 0.5) is 0 Å². The number of carbonyl (C=O) groups is 1. The van der Waals surface area contributed by atoms with E-state index in [1.165, 1.54) is 16.7 Å². The molecule has 0 aliphatic carbocycles. The van der Waals surface area contributed by atoms with Gasteiger partial charge in [-0.05, 0) is 50.7 Å². The Bertz CT molecular complexity index is 462. The minimum absolute atomic E-state index is 0.214. The van der Waals surface area contributed by atoms with Gasteiger partial charge in [0.15, 0.2) is 0 Å². The maximum Gasteiger partial charge on any atom is 0.222 e. The minimum Gasteiger partial charge on any atom is -0.393 e. The third-order valence-corrected chi connectivity index (χ3v) is 4.16. The zero-order valence-electron chi connectivity index (χ0n) is 12.6. The van der Waals surface area contributed by atoms with E-state index in [1.807, 2.05) is 4.90 Å². The Hall–Kier alpha value is -1.35. The minimum atomic E-state index is -0.214. The number of likely N-dealkylation sites (tertiary alicyclic amines) is 1. The molecule has 0 radical (unpaired) electrons. The number of aryl methyl sites for hydroxylation is 3. The Morgan fingerprint density at radius 3 is 2.70 bits per heavy atom. The van der Waals surface area contributed by atoms with Crippen LogP contribution >= 0.6 is 0 Å². The van der Waals surface area contributed by atoms with Crippen LogP contribution in [0.3, 0.4) is 0 Å². The predicted molar refractivity (Wildman–Crippen MR) is 80.7 cm³/mol. The number of hydrogen-bond acceptors (Lipinski definition) is 2. The van der Waals surface area contributed by atoms with Crippen molar-refractivity contribution >= 4 is 5.91 Å². The Kier molecular flexibility index (Phi) is 5.18. The molecule has 2 rings (SSSR count). The van der Waals surface area contributed by atoms with Gasteiger partial charge in [-0.25, -0.2) is 0 Å². The molecule has 3 nitrogen and oxygen atoms in total. The number of aliphatic hydroxyl groups excluding tert-OH is 1. The fraction of sp³-hybridized carbons (Fsp3) is 0.588. The predicted octanol–water partition coefficient (Wildman–Crippen LogP) is 2.61. The number of carbonyl (C=O) groups excluding carboxylic acids is 1. The summed E-state index contributed by atoms with van der Waals surface area (Å²) in [6, 6.07) is 6.50. The van der Waals surface area contributed by atoms with Crippen molar-refractivity contribution in [1.82, 2.24) is 4.90 Å². The van der Waals surface area contributed by atoms with E-state index in [1.54, 1.807) is 0 Å². The second-order valence-electron chi connectivity index (χ2n) is 5.90. The van der Waals surface area contributed by atoms with Crippen molar-refractivity contribution in [3.05, 3.63) is 34.9 Å². The molecule has 0 saturated carbocycles. The summed E-state index contributed by atoms with van der Waals surface area (Å²) >= 11 is 0. The molecule has 0 aromatic heterocycles. The number of nitrogens with zero attached hydrogens (tertiary/aromatic N) is 1. The lowest BCUT2D eigenvalue weighted by molar-refractivity contribution is -0.133. The van der Waals surface area contributed by atoms with Crippen LogP contribution in [0.1, 0.15) is 42.4 Å². The first-order valence-electron chi connectivity index (χ1n) is 7.58. The second kappa shape index (κ2) is 6.89. The largest absolute Gasteiger partial charge is 0.393 e. The third-order valence-electron chi connectivity index (χ3n) is 4.16. The van der Waals surface area contributed by atoms with Crippen molar-refractivity contribution in [3.8, 4) is 0 Å². The average Bonchev–Trinajstić information content (AvgIpc) is 2.43. The van der Waals surface area contributed by atoms with Crippen LogP contribution in [0, 0.1) is 13.8 Å². The molecule has 1 aliphatic heterocycles. The van der Waals surface area contributed by atoms with Gasteiger partial charge in [-0.1, -0.05) is 23.8 Å². The van der Waals surface area contributed by atoms with Gasteiger partial charge < -0.3 is 10.0 Å². The van der Waals surface area contributed by atoms with Crippen molar-refractivity contribution in [2.45, 2.75) is 52.1 Å². The van der Waals surface area contributed by atoms with Gasteiger partial charge in [0.1, 0.15) is 0 Å². The maximum absolute atomic E-state index is 12.1. The Balaban J connectivity index is 1.78.